The van der Waals surface area contributed by atoms with Gasteiger partial charge in [-0.1, -0.05) is 12.5 Å². The normalized spacial score (nSPS) is 23.3. The summed E-state index contributed by atoms with van der Waals surface area (Å²) in [6.07, 6.45) is 6.40. The highest BCUT2D eigenvalue weighted by molar-refractivity contribution is 5.94. The summed E-state index contributed by atoms with van der Waals surface area (Å²) >= 11 is 0. The van der Waals surface area contributed by atoms with E-state index < -0.39 is 0 Å². The molecule has 1 saturated carbocycles. The number of hydrogen-bond donors (Lipinski definition) is 1. The lowest BCUT2D eigenvalue weighted by Gasteiger charge is -2.34. The molecule has 1 aliphatic carbocycles. The summed E-state index contributed by atoms with van der Waals surface area (Å²) in [5.74, 6) is 0.948. The fraction of sp³-hybridized carbons (Fsp3) is 0.611. The maximum atomic E-state index is 12.7. The summed E-state index contributed by atoms with van der Waals surface area (Å²) in [4.78, 5) is 14.7. The van der Waals surface area contributed by atoms with Crippen LogP contribution in [0.15, 0.2) is 24.3 Å². The Labute approximate surface area is 132 Å². The first kappa shape index (κ1) is 15.3. The molecule has 1 N–H and O–H groups in total. The van der Waals surface area contributed by atoms with Gasteiger partial charge in [0.05, 0.1) is 6.10 Å². The molecule has 120 valence electrons. The van der Waals surface area contributed by atoms with Crippen molar-refractivity contribution >= 4 is 5.91 Å². The first-order chi connectivity index (χ1) is 10.7. The van der Waals surface area contributed by atoms with Crippen molar-refractivity contribution in [3.05, 3.63) is 29.8 Å². The predicted molar refractivity (Wildman–Crippen MR) is 87.3 cm³/mol. The van der Waals surface area contributed by atoms with Crippen molar-refractivity contribution < 1.29 is 9.53 Å². The number of nitrogens with zero attached hydrogens (tertiary/aromatic N) is 1. The molecule has 2 aliphatic rings. The van der Waals surface area contributed by atoms with Crippen molar-refractivity contribution in [3.63, 3.8) is 0 Å². The van der Waals surface area contributed by atoms with Gasteiger partial charge in [-0.2, -0.15) is 0 Å². The van der Waals surface area contributed by atoms with Crippen molar-refractivity contribution in [2.75, 3.05) is 19.6 Å². The van der Waals surface area contributed by atoms with Crippen LogP contribution in [0.5, 0.6) is 5.75 Å². The average molecular weight is 302 g/mol. The Hall–Kier alpha value is -1.55. The number of rotatable bonds is 3. The molecule has 4 nitrogen and oxygen atoms in total. The average Bonchev–Trinajstić information content (AvgIpc) is 2.56. The van der Waals surface area contributed by atoms with E-state index in [0.29, 0.717) is 6.10 Å². The predicted octanol–water partition coefficient (Wildman–Crippen LogP) is 2.83. The molecular weight excluding hydrogens is 276 g/mol. The number of carbonyl (C=O) groups is 1. The summed E-state index contributed by atoms with van der Waals surface area (Å²) in [6, 6.07) is 7.94. The largest absolute Gasteiger partial charge is 0.490 e. The minimum Gasteiger partial charge on any atom is -0.490 e. The van der Waals surface area contributed by atoms with Crippen LogP contribution in [0.1, 0.15) is 49.4 Å². The summed E-state index contributed by atoms with van der Waals surface area (Å²) in [7, 11) is 0. The minimum absolute atomic E-state index is 0.114. The van der Waals surface area contributed by atoms with Crippen LogP contribution in [0.25, 0.3) is 0 Å². The Morgan fingerprint density at radius 2 is 2.09 bits per heavy atom. The van der Waals surface area contributed by atoms with Crippen LogP contribution in [0.4, 0.5) is 0 Å². The quantitative estimate of drug-likeness (QED) is 0.933. The highest BCUT2D eigenvalue weighted by Gasteiger charge is 2.24. The lowest BCUT2D eigenvalue weighted by molar-refractivity contribution is 0.0654. The second-order valence-electron chi connectivity index (χ2n) is 6.46. The minimum atomic E-state index is 0.114. The van der Waals surface area contributed by atoms with E-state index in [-0.39, 0.29) is 11.9 Å². The Bertz CT molecular complexity index is 512. The van der Waals surface area contributed by atoms with Gasteiger partial charge < -0.3 is 15.0 Å². The summed E-state index contributed by atoms with van der Waals surface area (Å²) in [5.41, 5.74) is 0.738. The fourth-order valence-electron chi connectivity index (χ4n) is 3.39. The molecule has 1 heterocycles. The zero-order valence-electron chi connectivity index (χ0n) is 13.4. The van der Waals surface area contributed by atoms with E-state index >= 15 is 0 Å². The number of amides is 1. The second kappa shape index (κ2) is 7.14. The third-order valence-corrected chi connectivity index (χ3v) is 4.70. The van der Waals surface area contributed by atoms with Gasteiger partial charge in [-0.25, -0.2) is 0 Å². The van der Waals surface area contributed by atoms with E-state index in [1.807, 2.05) is 29.2 Å². The smallest absolute Gasteiger partial charge is 0.254 e. The van der Waals surface area contributed by atoms with Gasteiger partial charge in [-0.05, 0) is 50.8 Å². The van der Waals surface area contributed by atoms with E-state index in [1.165, 1.54) is 19.3 Å². The molecule has 4 heteroatoms. The molecule has 1 amide bonds. The molecule has 3 rings (SSSR count). The summed E-state index contributed by atoms with van der Waals surface area (Å²) in [5, 5.41) is 3.32. The first-order valence-corrected chi connectivity index (χ1v) is 8.52. The fourth-order valence-corrected chi connectivity index (χ4v) is 3.39. The third kappa shape index (κ3) is 3.61. The van der Waals surface area contributed by atoms with Gasteiger partial charge in [0.2, 0.25) is 0 Å². The van der Waals surface area contributed by atoms with Crippen LogP contribution in [-0.2, 0) is 0 Å². The van der Waals surface area contributed by atoms with Crippen molar-refractivity contribution in [2.45, 2.75) is 51.2 Å². The molecule has 2 fully saturated rings. The van der Waals surface area contributed by atoms with Crippen molar-refractivity contribution in [2.24, 2.45) is 0 Å². The highest BCUT2D eigenvalue weighted by Crippen LogP contribution is 2.24. The maximum absolute atomic E-state index is 12.7. The van der Waals surface area contributed by atoms with Crippen molar-refractivity contribution in [1.29, 1.82) is 0 Å². The Balaban J connectivity index is 1.68. The van der Waals surface area contributed by atoms with Crippen LogP contribution < -0.4 is 10.1 Å². The van der Waals surface area contributed by atoms with Gasteiger partial charge >= 0.3 is 0 Å². The molecule has 1 aromatic carbocycles. The molecule has 0 bridgehead atoms. The molecule has 1 aromatic rings. The van der Waals surface area contributed by atoms with Gasteiger partial charge in [0.15, 0.2) is 0 Å². The summed E-state index contributed by atoms with van der Waals surface area (Å²) in [6.45, 7) is 4.60. The molecule has 22 heavy (non-hydrogen) atoms. The topological polar surface area (TPSA) is 41.6 Å². The summed E-state index contributed by atoms with van der Waals surface area (Å²) < 4.78 is 6.08. The SMILES string of the molecule is C[C@@H]1CNCCN1C(=O)c1cccc(OC2CCCCC2)c1. The third-order valence-electron chi connectivity index (χ3n) is 4.70. The number of piperazine rings is 1. The molecular formula is C18H26N2O2. The van der Waals surface area contributed by atoms with Gasteiger partial charge in [0.25, 0.3) is 5.91 Å². The van der Waals surface area contributed by atoms with Crippen LogP contribution in [0.2, 0.25) is 0 Å². The standard InChI is InChI=1S/C18H26N2O2/c1-14-13-19-10-11-20(14)18(21)15-6-5-9-17(12-15)22-16-7-3-2-4-8-16/h5-6,9,12,14,16,19H,2-4,7-8,10-11,13H2,1H3/t14-/m1/s1. The second-order valence-corrected chi connectivity index (χ2v) is 6.46. The molecule has 1 saturated heterocycles. The number of carbonyl (C=O) groups excluding carboxylic acids is 1. The zero-order chi connectivity index (χ0) is 15.4. The molecule has 1 atom stereocenters. The van der Waals surface area contributed by atoms with Crippen LogP contribution in [0, 0.1) is 0 Å². The van der Waals surface area contributed by atoms with Crippen LogP contribution in [0.3, 0.4) is 0 Å². The lowest BCUT2D eigenvalue weighted by atomic mass is 9.98. The first-order valence-electron chi connectivity index (χ1n) is 8.52. The van der Waals surface area contributed by atoms with Gasteiger partial charge in [-0.15, -0.1) is 0 Å². The molecule has 0 spiro atoms. The van der Waals surface area contributed by atoms with E-state index in [4.69, 9.17) is 4.74 Å². The zero-order valence-corrected chi connectivity index (χ0v) is 13.4. The molecule has 0 aromatic heterocycles. The van der Waals surface area contributed by atoms with E-state index in [1.54, 1.807) is 0 Å². The maximum Gasteiger partial charge on any atom is 0.254 e. The number of ether oxygens (including phenoxy) is 1. The molecule has 0 unspecified atom stereocenters. The van der Waals surface area contributed by atoms with Crippen LogP contribution >= 0.6 is 0 Å². The Morgan fingerprint density at radius 1 is 1.27 bits per heavy atom. The number of hydrogen-bond acceptors (Lipinski definition) is 3. The van der Waals surface area contributed by atoms with Crippen molar-refractivity contribution in [3.8, 4) is 5.75 Å². The van der Waals surface area contributed by atoms with Gasteiger partial charge in [0, 0.05) is 31.2 Å². The van der Waals surface area contributed by atoms with Gasteiger partial charge in [-0.3, -0.25) is 4.79 Å². The Kier molecular flexibility index (Phi) is 4.98. The monoisotopic (exact) mass is 302 g/mol. The van der Waals surface area contributed by atoms with Crippen molar-refractivity contribution in [1.82, 2.24) is 10.2 Å². The highest BCUT2D eigenvalue weighted by atomic mass is 16.5. The van der Waals surface area contributed by atoms with E-state index in [9.17, 15) is 4.79 Å². The number of nitrogens with one attached hydrogen (secondary N) is 1. The molecule has 0 radical (unpaired) electrons. The lowest BCUT2D eigenvalue weighted by Crippen LogP contribution is -2.52. The Morgan fingerprint density at radius 3 is 2.86 bits per heavy atom. The van der Waals surface area contributed by atoms with Gasteiger partial charge in [0.1, 0.15) is 5.75 Å². The van der Waals surface area contributed by atoms with E-state index in [2.05, 4.69) is 12.2 Å². The van der Waals surface area contributed by atoms with E-state index in [0.717, 1.165) is 43.8 Å². The molecule has 1 aliphatic heterocycles. The number of benzene rings is 1. The van der Waals surface area contributed by atoms with Crippen LogP contribution in [-0.4, -0.2) is 42.6 Å².